The minimum Gasteiger partial charge on any atom is -0.404 e. The van der Waals surface area contributed by atoms with E-state index in [1.807, 2.05) is 13.8 Å². The molecule has 0 amide bonds. The summed E-state index contributed by atoms with van der Waals surface area (Å²) in [7, 11) is 0. The zero-order valence-electron chi connectivity index (χ0n) is 12.8. The molecule has 118 valence electrons. The number of hydrogen-bond donors (Lipinski definition) is 3. The van der Waals surface area contributed by atoms with Crippen LogP contribution in [0.5, 0.6) is 0 Å². The van der Waals surface area contributed by atoms with E-state index in [1.165, 1.54) is 16.2 Å². The molecular formula is C12H23N7S2. The third-order valence-electron chi connectivity index (χ3n) is 2.60. The van der Waals surface area contributed by atoms with Crippen molar-refractivity contribution in [2.24, 2.45) is 27.4 Å². The molecule has 0 aliphatic carbocycles. The van der Waals surface area contributed by atoms with Gasteiger partial charge in [0.2, 0.25) is 0 Å². The molecule has 0 aromatic carbocycles. The lowest BCUT2D eigenvalue weighted by atomic mass is 10.1. The Morgan fingerprint density at radius 1 is 0.952 bits per heavy atom. The van der Waals surface area contributed by atoms with Crippen LogP contribution in [0.2, 0.25) is 0 Å². The minimum atomic E-state index is 0.195. The molecule has 0 unspecified atom stereocenters. The SMILES string of the molecule is CCN(N=C(C)C(=CN)C(C)=NN(CC)C(N)=S)C(N)=S. The fraction of sp³-hybridized carbons (Fsp3) is 0.500. The van der Waals surface area contributed by atoms with Crippen molar-refractivity contribution in [2.75, 3.05) is 13.1 Å². The second kappa shape index (κ2) is 9.24. The molecule has 0 heterocycles. The van der Waals surface area contributed by atoms with Crippen LogP contribution in [0, 0.1) is 0 Å². The minimum absolute atomic E-state index is 0.195. The van der Waals surface area contributed by atoms with Crippen molar-refractivity contribution < 1.29 is 0 Å². The molecular weight excluding hydrogens is 306 g/mol. The van der Waals surface area contributed by atoms with Gasteiger partial charge in [0.1, 0.15) is 0 Å². The summed E-state index contributed by atoms with van der Waals surface area (Å²) in [6, 6.07) is 0. The normalized spacial score (nSPS) is 11.8. The van der Waals surface area contributed by atoms with Crippen LogP contribution in [-0.4, -0.2) is 44.8 Å². The van der Waals surface area contributed by atoms with Gasteiger partial charge in [-0.1, -0.05) is 0 Å². The smallest absolute Gasteiger partial charge is 0.186 e. The molecule has 21 heavy (non-hydrogen) atoms. The summed E-state index contributed by atoms with van der Waals surface area (Å²) in [6.45, 7) is 8.53. The highest BCUT2D eigenvalue weighted by Crippen LogP contribution is 2.05. The first-order valence-corrected chi connectivity index (χ1v) is 7.27. The van der Waals surface area contributed by atoms with E-state index in [0.29, 0.717) is 30.1 Å². The largest absolute Gasteiger partial charge is 0.404 e. The van der Waals surface area contributed by atoms with Crippen LogP contribution in [0.3, 0.4) is 0 Å². The standard InChI is InChI=1S/C12H23N7S2/c1-5-18(11(14)20)16-8(3)10(7-13)9(4)17-19(6-2)12(15)21/h7H,5-6,13H2,1-4H3,(H2,14,20)(H2,15,21). The maximum Gasteiger partial charge on any atom is 0.186 e. The van der Waals surface area contributed by atoms with E-state index in [9.17, 15) is 0 Å². The number of hydrazone groups is 2. The summed E-state index contributed by atoms with van der Waals surface area (Å²) in [6.07, 6.45) is 1.43. The molecule has 0 fully saturated rings. The van der Waals surface area contributed by atoms with Gasteiger partial charge in [-0.3, -0.25) is 0 Å². The lowest BCUT2D eigenvalue weighted by molar-refractivity contribution is 0.472. The van der Waals surface area contributed by atoms with Crippen molar-refractivity contribution in [1.29, 1.82) is 0 Å². The summed E-state index contributed by atoms with van der Waals surface area (Å²) in [4.78, 5) is 0. The Kier molecular flexibility index (Phi) is 8.48. The average Bonchev–Trinajstić information content (AvgIpc) is 2.41. The van der Waals surface area contributed by atoms with Crippen molar-refractivity contribution in [1.82, 2.24) is 10.0 Å². The van der Waals surface area contributed by atoms with Crippen molar-refractivity contribution in [3.63, 3.8) is 0 Å². The van der Waals surface area contributed by atoms with Crippen LogP contribution in [0.4, 0.5) is 0 Å². The molecule has 7 nitrogen and oxygen atoms in total. The van der Waals surface area contributed by atoms with Crippen LogP contribution in [0.15, 0.2) is 22.0 Å². The van der Waals surface area contributed by atoms with Crippen LogP contribution >= 0.6 is 24.4 Å². The van der Waals surface area contributed by atoms with Crippen molar-refractivity contribution in [3.05, 3.63) is 11.8 Å². The second-order valence-corrected chi connectivity index (χ2v) is 4.90. The zero-order chi connectivity index (χ0) is 16.6. The van der Waals surface area contributed by atoms with Gasteiger partial charge in [0.05, 0.1) is 11.4 Å². The van der Waals surface area contributed by atoms with Crippen LogP contribution in [0.1, 0.15) is 27.7 Å². The molecule has 0 spiro atoms. The first-order valence-electron chi connectivity index (χ1n) is 6.45. The third kappa shape index (κ3) is 6.05. The summed E-state index contributed by atoms with van der Waals surface area (Å²) in [5, 5.41) is 12.1. The van der Waals surface area contributed by atoms with Gasteiger partial charge in [0.15, 0.2) is 10.2 Å². The predicted octanol–water partition coefficient (Wildman–Crippen LogP) is 0.712. The van der Waals surface area contributed by atoms with Crippen LogP contribution < -0.4 is 17.2 Å². The Hall–Kier alpha value is -1.74. The van der Waals surface area contributed by atoms with Crippen LogP contribution in [-0.2, 0) is 0 Å². The number of allylic oxidation sites excluding steroid dienone is 1. The summed E-state index contributed by atoms with van der Waals surface area (Å²) in [5.41, 5.74) is 18.8. The lowest BCUT2D eigenvalue weighted by Gasteiger charge is -2.18. The quantitative estimate of drug-likeness (QED) is 0.374. The van der Waals surface area contributed by atoms with Gasteiger partial charge >= 0.3 is 0 Å². The first-order chi connectivity index (χ1) is 9.78. The molecule has 0 rings (SSSR count). The number of nitrogens with zero attached hydrogens (tertiary/aromatic N) is 4. The highest BCUT2D eigenvalue weighted by atomic mass is 32.1. The number of nitrogens with two attached hydrogens (primary N) is 3. The Morgan fingerprint density at radius 2 is 1.29 bits per heavy atom. The zero-order valence-corrected chi connectivity index (χ0v) is 14.5. The van der Waals surface area contributed by atoms with Gasteiger partial charge in [-0.15, -0.1) is 0 Å². The molecule has 6 N–H and O–H groups in total. The number of thiocarbonyl (C=S) groups is 2. The fourth-order valence-corrected chi connectivity index (χ4v) is 1.86. The Labute approximate surface area is 136 Å². The van der Waals surface area contributed by atoms with E-state index >= 15 is 0 Å². The lowest BCUT2D eigenvalue weighted by Crippen LogP contribution is -2.33. The van der Waals surface area contributed by atoms with Gasteiger partial charge < -0.3 is 17.2 Å². The van der Waals surface area contributed by atoms with E-state index in [4.69, 9.17) is 41.6 Å². The molecule has 9 heteroatoms. The maximum atomic E-state index is 5.67. The summed E-state index contributed by atoms with van der Waals surface area (Å²) >= 11 is 9.84. The van der Waals surface area contributed by atoms with Crippen LogP contribution in [0.25, 0.3) is 0 Å². The predicted molar refractivity (Wildman–Crippen MR) is 96.8 cm³/mol. The molecule has 0 radical (unpaired) electrons. The molecule has 0 bridgehead atoms. The topological polar surface area (TPSA) is 109 Å². The van der Waals surface area contributed by atoms with E-state index in [2.05, 4.69) is 10.2 Å². The molecule has 0 aromatic rings. The first kappa shape index (κ1) is 19.3. The molecule has 0 aliphatic rings. The Balaban J connectivity index is 5.43. The second-order valence-electron chi connectivity index (χ2n) is 4.06. The Bertz CT molecular complexity index is 442. The van der Waals surface area contributed by atoms with Crippen molar-refractivity contribution >= 4 is 46.1 Å². The molecule has 0 aromatic heterocycles. The molecule has 0 saturated heterocycles. The number of rotatable bonds is 6. The average molecular weight is 329 g/mol. The Morgan fingerprint density at radius 3 is 1.48 bits per heavy atom. The molecule has 0 aliphatic heterocycles. The van der Waals surface area contributed by atoms with Gasteiger partial charge in [0, 0.05) is 24.9 Å². The van der Waals surface area contributed by atoms with E-state index in [-0.39, 0.29) is 10.2 Å². The number of hydrogen-bond acceptors (Lipinski definition) is 5. The van der Waals surface area contributed by atoms with E-state index in [0.717, 1.165) is 0 Å². The summed E-state index contributed by atoms with van der Waals surface area (Å²) in [5.74, 6) is 0. The maximum absolute atomic E-state index is 5.67. The highest BCUT2D eigenvalue weighted by molar-refractivity contribution is 7.80. The third-order valence-corrected chi connectivity index (χ3v) is 3.02. The fourth-order valence-electron chi connectivity index (χ4n) is 1.52. The van der Waals surface area contributed by atoms with Gasteiger partial charge in [-0.2, -0.15) is 10.2 Å². The molecule has 0 atom stereocenters. The van der Waals surface area contributed by atoms with Crippen molar-refractivity contribution in [3.8, 4) is 0 Å². The van der Waals surface area contributed by atoms with Crippen molar-refractivity contribution in [2.45, 2.75) is 27.7 Å². The van der Waals surface area contributed by atoms with Gasteiger partial charge in [-0.25, -0.2) is 10.0 Å². The summed E-state index contributed by atoms with van der Waals surface area (Å²) < 4.78 is 0. The molecule has 0 saturated carbocycles. The van der Waals surface area contributed by atoms with Gasteiger partial charge in [0.25, 0.3) is 0 Å². The highest BCUT2D eigenvalue weighted by Gasteiger charge is 2.11. The van der Waals surface area contributed by atoms with Gasteiger partial charge in [-0.05, 0) is 52.1 Å². The van der Waals surface area contributed by atoms with E-state index < -0.39 is 0 Å². The monoisotopic (exact) mass is 329 g/mol. The van der Waals surface area contributed by atoms with E-state index in [1.54, 1.807) is 13.8 Å².